The molecule has 0 aromatic heterocycles. The van der Waals surface area contributed by atoms with Crippen LogP contribution in [0.3, 0.4) is 0 Å². The van der Waals surface area contributed by atoms with Gasteiger partial charge in [-0.05, 0) is 56.4 Å². The lowest BCUT2D eigenvalue weighted by Crippen LogP contribution is -2.19. The van der Waals surface area contributed by atoms with E-state index in [4.69, 9.17) is 4.74 Å². The molecule has 2 aromatic rings. The van der Waals surface area contributed by atoms with Gasteiger partial charge in [-0.2, -0.15) is 0 Å². The van der Waals surface area contributed by atoms with Crippen molar-refractivity contribution < 1.29 is 9.53 Å². The number of aryl methyl sites for hydroxylation is 1. The molecule has 3 nitrogen and oxygen atoms in total. The van der Waals surface area contributed by atoms with Gasteiger partial charge in [-0.1, -0.05) is 17.7 Å². The van der Waals surface area contributed by atoms with Crippen LogP contribution in [0.15, 0.2) is 36.4 Å². The van der Waals surface area contributed by atoms with Gasteiger partial charge in [-0.25, -0.2) is 0 Å². The summed E-state index contributed by atoms with van der Waals surface area (Å²) in [5.41, 5.74) is 4.70. The van der Waals surface area contributed by atoms with Crippen LogP contribution in [0.5, 0.6) is 5.75 Å². The first-order valence-electron chi connectivity index (χ1n) is 7.13. The Labute approximate surface area is 125 Å². The molecule has 0 bridgehead atoms. The summed E-state index contributed by atoms with van der Waals surface area (Å²) in [5, 5.41) is 0. The van der Waals surface area contributed by atoms with Gasteiger partial charge in [0.25, 0.3) is 0 Å². The van der Waals surface area contributed by atoms with E-state index >= 15 is 0 Å². The van der Waals surface area contributed by atoms with Crippen molar-refractivity contribution in [3.8, 4) is 16.9 Å². The Kier molecular flexibility index (Phi) is 3.52. The second-order valence-electron chi connectivity index (χ2n) is 5.74. The number of ketones is 1. The van der Waals surface area contributed by atoms with Crippen LogP contribution in [-0.2, 0) is 0 Å². The molecule has 2 aromatic carbocycles. The fourth-order valence-electron chi connectivity index (χ4n) is 2.61. The molecule has 0 spiro atoms. The van der Waals surface area contributed by atoms with Crippen LogP contribution in [0.1, 0.15) is 21.5 Å². The number of fused-ring (bicyclic) bond motifs is 3. The lowest BCUT2D eigenvalue weighted by Gasteiger charge is -2.11. The lowest BCUT2D eigenvalue weighted by atomic mass is 10.0. The van der Waals surface area contributed by atoms with Crippen molar-refractivity contribution in [2.24, 2.45) is 0 Å². The van der Waals surface area contributed by atoms with E-state index < -0.39 is 0 Å². The van der Waals surface area contributed by atoms with E-state index in [-0.39, 0.29) is 5.78 Å². The Bertz CT molecular complexity index is 704. The smallest absolute Gasteiger partial charge is 0.194 e. The molecule has 0 heterocycles. The number of rotatable bonds is 4. The maximum atomic E-state index is 12.5. The SMILES string of the molecule is Cc1ccc2c(c1)C(=O)c1cc(OCCN(C)C)ccc1-2. The topological polar surface area (TPSA) is 29.5 Å². The van der Waals surface area contributed by atoms with E-state index in [1.165, 1.54) is 0 Å². The van der Waals surface area contributed by atoms with Crippen molar-refractivity contribution in [1.82, 2.24) is 4.90 Å². The molecule has 21 heavy (non-hydrogen) atoms. The fraction of sp³-hybridized carbons (Fsp3) is 0.278. The third-order valence-corrected chi connectivity index (χ3v) is 3.75. The molecule has 0 radical (unpaired) electrons. The zero-order valence-electron chi connectivity index (χ0n) is 12.6. The summed E-state index contributed by atoms with van der Waals surface area (Å²) < 4.78 is 5.72. The van der Waals surface area contributed by atoms with Crippen molar-refractivity contribution in [2.75, 3.05) is 27.2 Å². The van der Waals surface area contributed by atoms with Gasteiger partial charge in [0.15, 0.2) is 5.78 Å². The van der Waals surface area contributed by atoms with Crippen LogP contribution in [-0.4, -0.2) is 37.9 Å². The lowest BCUT2D eigenvalue weighted by molar-refractivity contribution is 0.104. The highest BCUT2D eigenvalue weighted by Crippen LogP contribution is 2.38. The predicted molar refractivity (Wildman–Crippen MR) is 84.1 cm³/mol. The monoisotopic (exact) mass is 281 g/mol. The highest BCUT2D eigenvalue weighted by atomic mass is 16.5. The average Bonchev–Trinajstić information content (AvgIpc) is 2.71. The van der Waals surface area contributed by atoms with Crippen molar-refractivity contribution in [3.05, 3.63) is 53.1 Å². The van der Waals surface area contributed by atoms with Gasteiger partial charge in [-0.15, -0.1) is 0 Å². The maximum absolute atomic E-state index is 12.5. The molecule has 0 atom stereocenters. The molecule has 0 saturated carbocycles. The second kappa shape index (κ2) is 5.34. The number of nitrogens with zero attached hydrogens (tertiary/aromatic N) is 1. The van der Waals surface area contributed by atoms with Crippen molar-refractivity contribution in [3.63, 3.8) is 0 Å². The number of hydrogen-bond donors (Lipinski definition) is 0. The molecule has 1 aliphatic rings. The average molecular weight is 281 g/mol. The molecule has 3 rings (SSSR count). The van der Waals surface area contributed by atoms with Gasteiger partial charge >= 0.3 is 0 Å². The van der Waals surface area contributed by atoms with Crippen molar-refractivity contribution >= 4 is 5.78 Å². The molecule has 0 amide bonds. The van der Waals surface area contributed by atoms with Gasteiger partial charge in [0.05, 0.1) is 0 Å². The van der Waals surface area contributed by atoms with Crippen LogP contribution >= 0.6 is 0 Å². The van der Waals surface area contributed by atoms with E-state index in [9.17, 15) is 4.79 Å². The summed E-state index contributed by atoms with van der Waals surface area (Å²) in [6.45, 7) is 3.48. The third-order valence-electron chi connectivity index (χ3n) is 3.75. The Morgan fingerprint density at radius 3 is 2.33 bits per heavy atom. The summed E-state index contributed by atoms with van der Waals surface area (Å²) in [6, 6.07) is 11.8. The largest absolute Gasteiger partial charge is 0.492 e. The first-order valence-corrected chi connectivity index (χ1v) is 7.13. The van der Waals surface area contributed by atoms with E-state index in [1.807, 2.05) is 57.4 Å². The highest BCUT2D eigenvalue weighted by Gasteiger charge is 2.26. The first kappa shape index (κ1) is 13.8. The Morgan fingerprint density at radius 2 is 1.62 bits per heavy atom. The first-order chi connectivity index (χ1) is 10.1. The summed E-state index contributed by atoms with van der Waals surface area (Å²) in [7, 11) is 4.02. The van der Waals surface area contributed by atoms with E-state index in [1.54, 1.807) is 0 Å². The van der Waals surface area contributed by atoms with Crippen LogP contribution in [0, 0.1) is 6.92 Å². The molecule has 0 N–H and O–H groups in total. The molecule has 1 aliphatic carbocycles. The zero-order chi connectivity index (χ0) is 15.0. The second-order valence-corrected chi connectivity index (χ2v) is 5.74. The number of likely N-dealkylation sites (N-methyl/N-ethyl adjacent to an activating group) is 1. The minimum absolute atomic E-state index is 0.0989. The highest BCUT2D eigenvalue weighted by molar-refractivity contribution is 6.21. The number of hydrogen-bond acceptors (Lipinski definition) is 3. The molecule has 108 valence electrons. The van der Waals surface area contributed by atoms with Gasteiger partial charge < -0.3 is 9.64 Å². The molecule has 0 unspecified atom stereocenters. The van der Waals surface area contributed by atoms with Gasteiger partial charge in [0, 0.05) is 17.7 Å². The van der Waals surface area contributed by atoms with Crippen molar-refractivity contribution in [1.29, 1.82) is 0 Å². The summed E-state index contributed by atoms with van der Waals surface area (Å²) in [4.78, 5) is 14.6. The summed E-state index contributed by atoms with van der Waals surface area (Å²) in [6.07, 6.45) is 0. The Balaban J connectivity index is 1.89. The van der Waals surface area contributed by atoms with E-state index in [0.717, 1.165) is 40.1 Å². The van der Waals surface area contributed by atoms with Crippen LogP contribution in [0.25, 0.3) is 11.1 Å². The quantitative estimate of drug-likeness (QED) is 0.736. The van der Waals surface area contributed by atoms with E-state index in [2.05, 4.69) is 4.90 Å². The summed E-state index contributed by atoms with van der Waals surface area (Å²) >= 11 is 0. The normalized spacial score (nSPS) is 12.5. The summed E-state index contributed by atoms with van der Waals surface area (Å²) in [5.74, 6) is 0.857. The number of ether oxygens (including phenoxy) is 1. The maximum Gasteiger partial charge on any atom is 0.194 e. The minimum atomic E-state index is 0.0989. The fourth-order valence-corrected chi connectivity index (χ4v) is 2.61. The standard InChI is InChI=1S/C18H19NO2/c1-12-4-6-14-15-7-5-13(21-9-8-19(2)3)11-17(15)18(20)16(14)10-12/h4-7,10-11H,8-9H2,1-3H3. The molecular formula is C18H19NO2. The van der Waals surface area contributed by atoms with Gasteiger partial charge in [0.1, 0.15) is 12.4 Å². The Hall–Kier alpha value is -2.13. The van der Waals surface area contributed by atoms with Crippen LogP contribution in [0.4, 0.5) is 0 Å². The van der Waals surface area contributed by atoms with Crippen LogP contribution < -0.4 is 4.74 Å². The minimum Gasteiger partial charge on any atom is -0.492 e. The molecule has 3 heteroatoms. The number of carbonyl (C=O) groups is 1. The Morgan fingerprint density at radius 1 is 0.952 bits per heavy atom. The number of benzene rings is 2. The molecule has 0 aliphatic heterocycles. The molecular weight excluding hydrogens is 262 g/mol. The number of carbonyl (C=O) groups excluding carboxylic acids is 1. The van der Waals surface area contributed by atoms with Gasteiger partial charge in [-0.3, -0.25) is 4.79 Å². The van der Waals surface area contributed by atoms with Crippen LogP contribution in [0.2, 0.25) is 0 Å². The predicted octanol–water partition coefficient (Wildman–Crippen LogP) is 3.15. The molecule has 0 fully saturated rings. The van der Waals surface area contributed by atoms with Crippen molar-refractivity contribution in [2.45, 2.75) is 6.92 Å². The molecule has 0 saturated heterocycles. The zero-order valence-corrected chi connectivity index (χ0v) is 12.6. The van der Waals surface area contributed by atoms with Gasteiger partial charge in [0.2, 0.25) is 0 Å². The van der Waals surface area contributed by atoms with E-state index in [0.29, 0.717) is 6.61 Å². The third kappa shape index (κ3) is 2.57.